The molecule has 4 aromatic rings. The van der Waals surface area contributed by atoms with E-state index in [9.17, 15) is 0 Å². The number of pyridine rings is 2. The van der Waals surface area contributed by atoms with Crippen LogP contribution in [-0.2, 0) is 34.9 Å². The molecular formula is C22H25BrN6O3S2. The highest BCUT2D eigenvalue weighted by Crippen LogP contribution is 2.10. The Morgan fingerprint density at radius 1 is 0.853 bits per heavy atom. The van der Waals surface area contributed by atoms with Crippen LogP contribution in [0.15, 0.2) is 69.5 Å². The second-order valence-corrected chi connectivity index (χ2v) is 8.94. The van der Waals surface area contributed by atoms with Gasteiger partial charge in [-0.3, -0.25) is 9.13 Å². The Morgan fingerprint density at radius 3 is 1.82 bits per heavy atom. The maximum Gasteiger partial charge on any atom is 0.193 e. The van der Waals surface area contributed by atoms with Crippen molar-refractivity contribution in [3.8, 4) is 0 Å². The van der Waals surface area contributed by atoms with Gasteiger partial charge in [-0.15, -0.1) is 22.7 Å². The summed E-state index contributed by atoms with van der Waals surface area (Å²) < 4.78 is 14.0. The molecule has 0 unspecified atom stereocenters. The second-order valence-electron chi connectivity index (χ2n) is 6.64. The predicted molar refractivity (Wildman–Crippen MR) is 136 cm³/mol. The third kappa shape index (κ3) is 7.79. The number of aliphatic hydroxyl groups excluding tert-OH is 1. The number of aromatic nitrogens is 4. The Morgan fingerprint density at radius 2 is 1.35 bits per heavy atom. The Labute approximate surface area is 213 Å². The lowest BCUT2D eigenvalue weighted by Gasteiger charge is -2.00. The van der Waals surface area contributed by atoms with E-state index in [2.05, 4.69) is 35.9 Å². The molecule has 0 saturated carbocycles. The molecule has 12 heteroatoms. The van der Waals surface area contributed by atoms with Crippen molar-refractivity contribution in [2.24, 2.45) is 9.98 Å². The van der Waals surface area contributed by atoms with Crippen LogP contribution in [0.1, 0.15) is 11.4 Å². The van der Waals surface area contributed by atoms with Gasteiger partial charge >= 0.3 is 0 Å². The van der Waals surface area contributed by atoms with Crippen molar-refractivity contribution >= 4 is 50.2 Å². The summed E-state index contributed by atoms with van der Waals surface area (Å²) in [6, 6.07) is 11.2. The SMILES string of the molecule is COCn1ccsc1=Nc1cccc(CBr)n1.COCn1ccsc1=Nc1cccc(CO)n1. The summed E-state index contributed by atoms with van der Waals surface area (Å²) in [6.45, 7) is 0.883. The third-order valence-corrected chi connectivity index (χ3v) is 6.32. The quantitative estimate of drug-likeness (QED) is 0.327. The normalized spacial score (nSPS) is 12.0. The Kier molecular flexibility index (Phi) is 10.8. The summed E-state index contributed by atoms with van der Waals surface area (Å²) in [5.74, 6) is 1.30. The smallest absolute Gasteiger partial charge is 0.193 e. The van der Waals surface area contributed by atoms with E-state index in [0.29, 0.717) is 30.8 Å². The van der Waals surface area contributed by atoms with Gasteiger partial charge in [-0.05, 0) is 24.3 Å². The number of halogens is 1. The first-order valence-electron chi connectivity index (χ1n) is 10.1. The number of nitrogens with zero attached hydrogens (tertiary/aromatic N) is 6. The molecule has 1 N–H and O–H groups in total. The molecule has 0 radical (unpaired) electrons. The first-order chi connectivity index (χ1) is 16.7. The van der Waals surface area contributed by atoms with E-state index < -0.39 is 0 Å². The molecule has 4 heterocycles. The molecule has 0 aromatic carbocycles. The number of ether oxygens (including phenoxy) is 2. The summed E-state index contributed by atoms with van der Waals surface area (Å²) >= 11 is 6.46. The van der Waals surface area contributed by atoms with Crippen molar-refractivity contribution in [3.63, 3.8) is 0 Å². The Bertz CT molecular complexity index is 1200. The zero-order chi connectivity index (χ0) is 24.2. The van der Waals surface area contributed by atoms with E-state index in [4.69, 9.17) is 14.6 Å². The number of hydrogen-bond acceptors (Lipinski definition) is 9. The van der Waals surface area contributed by atoms with Gasteiger partial charge in [0.1, 0.15) is 13.5 Å². The van der Waals surface area contributed by atoms with Crippen LogP contribution in [0.4, 0.5) is 11.6 Å². The van der Waals surface area contributed by atoms with E-state index in [1.807, 2.05) is 56.6 Å². The lowest BCUT2D eigenvalue weighted by atomic mass is 10.3. The molecule has 9 nitrogen and oxygen atoms in total. The van der Waals surface area contributed by atoms with E-state index in [1.54, 1.807) is 37.7 Å². The molecule has 0 saturated heterocycles. The number of thiazole rings is 2. The van der Waals surface area contributed by atoms with Gasteiger partial charge in [-0.25, -0.2) is 20.0 Å². The minimum absolute atomic E-state index is 0.0775. The van der Waals surface area contributed by atoms with Crippen LogP contribution in [-0.4, -0.2) is 38.4 Å². The number of alkyl halides is 1. The highest BCUT2D eigenvalue weighted by molar-refractivity contribution is 9.08. The van der Waals surface area contributed by atoms with Gasteiger partial charge < -0.3 is 14.6 Å². The van der Waals surface area contributed by atoms with E-state index in [-0.39, 0.29) is 6.61 Å². The van der Waals surface area contributed by atoms with Crippen LogP contribution >= 0.6 is 38.6 Å². The molecule has 34 heavy (non-hydrogen) atoms. The largest absolute Gasteiger partial charge is 0.390 e. The van der Waals surface area contributed by atoms with Crippen LogP contribution in [0, 0.1) is 0 Å². The molecule has 0 spiro atoms. The van der Waals surface area contributed by atoms with E-state index in [1.165, 1.54) is 11.3 Å². The number of aliphatic hydroxyl groups is 1. The van der Waals surface area contributed by atoms with Gasteiger partial charge in [0.25, 0.3) is 0 Å². The Hall–Kier alpha value is -2.48. The monoisotopic (exact) mass is 564 g/mol. The highest BCUT2D eigenvalue weighted by Gasteiger charge is 1.99. The van der Waals surface area contributed by atoms with Crippen molar-refractivity contribution in [1.29, 1.82) is 0 Å². The van der Waals surface area contributed by atoms with Gasteiger partial charge in [-0.2, -0.15) is 0 Å². The third-order valence-electron chi connectivity index (χ3n) is 4.16. The van der Waals surface area contributed by atoms with Gasteiger partial charge in [0, 0.05) is 42.7 Å². The van der Waals surface area contributed by atoms with E-state index in [0.717, 1.165) is 20.6 Å². The predicted octanol–water partition coefficient (Wildman–Crippen LogP) is 3.95. The molecule has 0 bridgehead atoms. The average molecular weight is 566 g/mol. The Balaban J connectivity index is 0.000000191. The topological polar surface area (TPSA) is 99.1 Å². The lowest BCUT2D eigenvalue weighted by Crippen LogP contribution is -2.14. The molecule has 4 rings (SSSR count). The molecule has 180 valence electrons. The van der Waals surface area contributed by atoms with Gasteiger partial charge in [0.2, 0.25) is 0 Å². The second kappa shape index (κ2) is 14.0. The minimum atomic E-state index is -0.0775. The standard InChI is InChI=1S/C11H12BrN3OS.C11H13N3O2S/c1-16-8-15-5-6-17-11(15)14-10-4-2-3-9(7-12)13-10;1-16-8-14-5-6-17-11(14)13-10-4-2-3-9(7-15)12-10/h2-6H,7-8H2,1H3;2-6,15H,7-8H2,1H3. The minimum Gasteiger partial charge on any atom is -0.390 e. The lowest BCUT2D eigenvalue weighted by molar-refractivity contribution is 0.129. The zero-order valence-electron chi connectivity index (χ0n) is 18.7. The summed E-state index contributed by atoms with van der Waals surface area (Å²) in [6.07, 6.45) is 3.85. The van der Waals surface area contributed by atoms with Gasteiger partial charge in [-0.1, -0.05) is 28.1 Å². The fourth-order valence-corrected chi connectivity index (χ4v) is 4.43. The first kappa shape index (κ1) is 26.1. The molecule has 0 amide bonds. The van der Waals surface area contributed by atoms with Crippen LogP contribution in [0.25, 0.3) is 0 Å². The molecule has 0 atom stereocenters. The molecule has 0 aliphatic rings. The van der Waals surface area contributed by atoms with Crippen molar-refractivity contribution in [3.05, 3.63) is 80.5 Å². The summed E-state index contributed by atoms with van der Waals surface area (Å²) in [4.78, 5) is 19.2. The number of methoxy groups -OCH3 is 2. The van der Waals surface area contributed by atoms with Crippen molar-refractivity contribution in [2.75, 3.05) is 14.2 Å². The van der Waals surface area contributed by atoms with Crippen LogP contribution in [0.5, 0.6) is 0 Å². The van der Waals surface area contributed by atoms with Crippen molar-refractivity contribution in [2.45, 2.75) is 25.4 Å². The number of hydrogen-bond donors (Lipinski definition) is 1. The first-order valence-corrected chi connectivity index (χ1v) is 13.0. The molecular weight excluding hydrogens is 540 g/mol. The van der Waals surface area contributed by atoms with Crippen molar-refractivity contribution < 1.29 is 14.6 Å². The molecule has 4 aromatic heterocycles. The van der Waals surface area contributed by atoms with Crippen LogP contribution < -0.4 is 9.60 Å². The van der Waals surface area contributed by atoms with Crippen molar-refractivity contribution in [1.82, 2.24) is 19.1 Å². The van der Waals surface area contributed by atoms with Gasteiger partial charge in [0.05, 0.1) is 18.0 Å². The highest BCUT2D eigenvalue weighted by atomic mass is 79.9. The maximum absolute atomic E-state index is 9.00. The van der Waals surface area contributed by atoms with E-state index >= 15 is 0 Å². The summed E-state index contributed by atoms with van der Waals surface area (Å²) in [7, 11) is 3.30. The maximum atomic E-state index is 9.00. The molecule has 0 aliphatic carbocycles. The summed E-state index contributed by atoms with van der Waals surface area (Å²) in [5.41, 5.74) is 1.59. The fraction of sp³-hybridized carbons (Fsp3) is 0.273. The van der Waals surface area contributed by atoms with Gasteiger partial charge in [0.15, 0.2) is 21.2 Å². The zero-order valence-corrected chi connectivity index (χ0v) is 22.0. The molecule has 0 fully saturated rings. The van der Waals surface area contributed by atoms with Crippen LogP contribution in [0.2, 0.25) is 0 Å². The van der Waals surface area contributed by atoms with Crippen LogP contribution in [0.3, 0.4) is 0 Å². The average Bonchev–Trinajstić information content (AvgIpc) is 3.49. The number of rotatable bonds is 8. The fourth-order valence-electron chi connectivity index (χ4n) is 2.67. The summed E-state index contributed by atoms with van der Waals surface area (Å²) in [5, 5.41) is 13.7. The molecule has 0 aliphatic heterocycles.